The fourth-order valence-corrected chi connectivity index (χ4v) is 1.13. The second kappa shape index (κ2) is 4.16. The van der Waals surface area contributed by atoms with Crippen LogP contribution < -0.4 is 5.56 Å². The summed E-state index contributed by atoms with van der Waals surface area (Å²) in [4.78, 5) is 22.6. The molecule has 0 saturated heterocycles. The summed E-state index contributed by atoms with van der Waals surface area (Å²) in [6, 6.07) is 0.651. The van der Waals surface area contributed by atoms with Crippen molar-refractivity contribution in [2.45, 2.75) is 12.8 Å². The molecule has 82 valence electrons. The van der Waals surface area contributed by atoms with Crippen LogP contribution in [0.1, 0.15) is 17.6 Å². The molecule has 1 heterocycles. The van der Waals surface area contributed by atoms with Crippen LogP contribution in [-0.4, -0.2) is 16.1 Å². The van der Waals surface area contributed by atoms with Crippen LogP contribution in [-0.2, 0) is 11.2 Å². The molecule has 4 nitrogen and oxygen atoms in total. The van der Waals surface area contributed by atoms with Crippen molar-refractivity contribution in [1.29, 1.82) is 0 Å². The van der Waals surface area contributed by atoms with E-state index in [1.165, 1.54) is 4.98 Å². The lowest BCUT2D eigenvalue weighted by Gasteiger charge is -2.06. The number of carboxylic acids is 1. The lowest BCUT2D eigenvalue weighted by atomic mass is 10.1. The van der Waals surface area contributed by atoms with E-state index in [1.807, 2.05) is 0 Å². The molecule has 0 saturated carbocycles. The molecule has 7 heteroatoms. The van der Waals surface area contributed by atoms with Crippen LogP contribution in [0.2, 0.25) is 0 Å². The number of carbonyl (C=O) groups is 1. The maximum absolute atomic E-state index is 12.9. The summed E-state index contributed by atoms with van der Waals surface area (Å²) in [5, 5.41) is 8.38. The summed E-state index contributed by atoms with van der Waals surface area (Å²) in [6.45, 7) is 0. The third-order valence-electron chi connectivity index (χ3n) is 1.68. The lowest BCUT2D eigenvalue weighted by molar-refractivity contribution is -0.136. The molecule has 0 atom stereocenters. The molecule has 0 radical (unpaired) electrons. The number of hydrogen-bond donors (Lipinski definition) is 2. The van der Waals surface area contributed by atoms with Gasteiger partial charge in [0.05, 0.1) is 12.0 Å². The summed E-state index contributed by atoms with van der Waals surface area (Å²) in [6.07, 6.45) is -3.99. The van der Waals surface area contributed by atoms with Crippen molar-refractivity contribution in [3.63, 3.8) is 0 Å². The predicted molar refractivity (Wildman–Crippen MR) is 43.3 cm³/mol. The second-order valence-electron chi connectivity index (χ2n) is 2.76. The Balaban J connectivity index is 3.33. The smallest absolute Gasteiger partial charge is 0.307 e. The molecule has 15 heavy (non-hydrogen) atoms. The highest BCUT2D eigenvalue weighted by molar-refractivity contribution is 5.70. The molecule has 2 N–H and O–H groups in total. The first-order chi connectivity index (χ1) is 6.91. The molecule has 1 aromatic heterocycles. The van der Waals surface area contributed by atoms with Gasteiger partial charge in [0.25, 0.3) is 6.43 Å². The Morgan fingerprint density at radius 2 is 2.13 bits per heavy atom. The molecular weight excluding hydrogens is 215 g/mol. The average molecular weight is 221 g/mol. The maximum Gasteiger partial charge on any atom is 0.307 e. The topological polar surface area (TPSA) is 70.2 Å². The van der Waals surface area contributed by atoms with Gasteiger partial charge in [-0.3, -0.25) is 14.6 Å². The molecule has 0 aliphatic heterocycles. The fourth-order valence-electron chi connectivity index (χ4n) is 1.13. The Morgan fingerprint density at radius 1 is 1.53 bits per heavy atom. The monoisotopic (exact) mass is 221 g/mol. The van der Waals surface area contributed by atoms with Crippen LogP contribution in [0.4, 0.5) is 13.2 Å². The predicted octanol–water partition coefficient (Wildman–Crippen LogP) is 1.08. The van der Waals surface area contributed by atoms with E-state index in [0.29, 0.717) is 6.07 Å². The Hall–Kier alpha value is -1.79. The highest BCUT2D eigenvalue weighted by atomic mass is 19.3. The van der Waals surface area contributed by atoms with Crippen molar-refractivity contribution in [2.24, 2.45) is 0 Å². The van der Waals surface area contributed by atoms with Crippen LogP contribution >= 0.6 is 0 Å². The number of halogens is 3. The van der Waals surface area contributed by atoms with Crippen molar-refractivity contribution in [2.75, 3.05) is 0 Å². The zero-order chi connectivity index (χ0) is 11.6. The van der Waals surface area contributed by atoms with Gasteiger partial charge in [-0.25, -0.2) is 8.78 Å². The number of nitrogens with one attached hydrogen (secondary N) is 1. The van der Waals surface area contributed by atoms with Gasteiger partial charge < -0.3 is 5.11 Å². The number of rotatable bonds is 3. The quantitative estimate of drug-likeness (QED) is 0.750. The van der Waals surface area contributed by atoms with Gasteiger partial charge >= 0.3 is 5.97 Å². The highest BCUT2D eigenvalue weighted by Crippen LogP contribution is 2.23. The van der Waals surface area contributed by atoms with Crippen LogP contribution in [0.3, 0.4) is 0 Å². The van der Waals surface area contributed by atoms with Gasteiger partial charge in [0.15, 0.2) is 0 Å². The van der Waals surface area contributed by atoms with Gasteiger partial charge in [0.2, 0.25) is 11.5 Å². The van der Waals surface area contributed by atoms with Crippen LogP contribution in [0, 0.1) is 5.95 Å². The zero-order valence-electron chi connectivity index (χ0n) is 7.26. The van der Waals surface area contributed by atoms with E-state index in [1.54, 1.807) is 0 Å². The van der Waals surface area contributed by atoms with Gasteiger partial charge in [-0.05, 0) is 5.56 Å². The Morgan fingerprint density at radius 3 is 2.60 bits per heavy atom. The number of pyridine rings is 1. The van der Waals surface area contributed by atoms with Crippen LogP contribution in [0.15, 0.2) is 10.9 Å². The molecule has 0 aliphatic carbocycles. The minimum Gasteiger partial charge on any atom is -0.481 e. The molecule has 0 bridgehead atoms. The van der Waals surface area contributed by atoms with Crippen LogP contribution in [0.25, 0.3) is 0 Å². The summed E-state index contributed by atoms with van der Waals surface area (Å²) in [5.41, 5.74) is -2.54. The zero-order valence-corrected chi connectivity index (χ0v) is 7.26. The van der Waals surface area contributed by atoms with Crippen molar-refractivity contribution < 1.29 is 23.1 Å². The summed E-state index contributed by atoms with van der Waals surface area (Å²) in [7, 11) is 0. The molecule has 0 spiro atoms. The number of aromatic amines is 1. The molecule has 0 aliphatic rings. The van der Waals surface area contributed by atoms with Gasteiger partial charge in [0, 0.05) is 6.07 Å². The minimum absolute atomic E-state index is 0.515. The first-order valence-corrected chi connectivity index (χ1v) is 3.83. The van der Waals surface area contributed by atoms with E-state index < -0.39 is 41.4 Å². The van der Waals surface area contributed by atoms with Crippen molar-refractivity contribution in [1.82, 2.24) is 4.98 Å². The molecular formula is C8H6F3NO3. The van der Waals surface area contributed by atoms with Gasteiger partial charge in [-0.2, -0.15) is 4.39 Å². The van der Waals surface area contributed by atoms with Crippen LogP contribution in [0.5, 0.6) is 0 Å². The third-order valence-corrected chi connectivity index (χ3v) is 1.68. The molecule has 0 aromatic carbocycles. The van der Waals surface area contributed by atoms with Gasteiger partial charge in [0.1, 0.15) is 0 Å². The van der Waals surface area contributed by atoms with Gasteiger partial charge in [-0.1, -0.05) is 0 Å². The number of H-pyrrole nitrogens is 1. The average Bonchev–Trinajstić information content (AvgIpc) is 1.99. The van der Waals surface area contributed by atoms with E-state index in [-0.39, 0.29) is 0 Å². The minimum atomic E-state index is -3.17. The summed E-state index contributed by atoms with van der Waals surface area (Å²) < 4.78 is 37.5. The Labute approximate surface area is 81.4 Å². The van der Waals surface area contributed by atoms with E-state index in [2.05, 4.69) is 0 Å². The van der Waals surface area contributed by atoms with E-state index in [0.717, 1.165) is 0 Å². The second-order valence-corrected chi connectivity index (χ2v) is 2.76. The van der Waals surface area contributed by atoms with E-state index >= 15 is 0 Å². The molecule has 0 amide bonds. The molecule has 0 unspecified atom stereocenters. The number of aliphatic carboxylic acids is 1. The third kappa shape index (κ3) is 2.58. The highest BCUT2D eigenvalue weighted by Gasteiger charge is 2.21. The normalized spacial score (nSPS) is 10.7. The van der Waals surface area contributed by atoms with E-state index in [4.69, 9.17) is 5.11 Å². The largest absolute Gasteiger partial charge is 0.481 e. The first kappa shape index (κ1) is 11.3. The maximum atomic E-state index is 12.9. The number of alkyl halides is 2. The number of aromatic nitrogens is 1. The Bertz CT molecular complexity index is 441. The van der Waals surface area contributed by atoms with Crippen molar-refractivity contribution in [3.8, 4) is 0 Å². The SMILES string of the molecule is O=C(O)Cc1cc(=O)[nH]c(F)c1C(F)F. The molecule has 1 rings (SSSR count). The van der Waals surface area contributed by atoms with Crippen molar-refractivity contribution in [3.05, 3.63) is 33.5 Å². The molecule has 0 fully saturated rings. The summed E-state index contributed by atoms with van der Waals surface area (Å²) in [5.74, 6) is -2.91. The summed E-state index contributed by atoms with van der Waals surface area (Å²) >= 11 is 0. The number of hydrogen-bond acceptors (Lipinski definition) is 2. The fraction of sp³-hybridized carbons (Fsp3) is 0.250. The standard InChI is InChI=1S/C8H6F3NO3/c9-7(10)6-3(2-5(14)15)1-4(13)12-8(6)11/h1,7H,2H2,(H,12,13)(H,14,15). The lowest BCUT2D eigenvalue weighted by Crippen LogP contribution is -2.15. The van der Waals surface area contributed by atoms with Crippen molar-refractivity contribution >= 4 is 5.97 Å². The Kier molecular flexibility index (Phi) is 3.13. The number of carboxylic acid groups (broad SMARTS) is 1. The molecule has 1 aromatic rings. The van der Waals surface area contributed by atoms with E-state index in [9.17, 15) is 22.8 Å². The van der Waals surface area contributed by atoms with Gasteiger partial charge in [-0.15, -0.1) is 0 Å². The first-order valence-electron chi connectivity index (χ1n) is 3.83.